The van der Waals surface area contributed by atoms with Crippen molar-refractivity contribution < 1.29 is 23.7 Å². The summed E-state index contributed by atoms with van der Waals surface area (Å²) in [6.45, 7) is 2.01. The Morgan fingerprint density at radius 1 is 1.00 bits per heavy atom. The maximum atomic E-state index is 5.75. The van der Waals surface area contributed by atoms with Gasteiger partial charge in [-0.3, -0.25) is 0 Å². The summed E-state index contributed by atoms with van der Waals surface area (Å²) in [4.78, 5) is 0. The monoisotopic (exact) mass is 266 g/mol. The molecule has 0 saturated carbocycles. The molecule has 19 heavy (non-hydrogen) atoms. The average Bonchev–Trinajstić information content (AvgIpc) is 3.09. The first-order valence-electron chi connectivity index (χ1n) is 6.53. The van der Waals surface area contributed by atoms with Crippen LogP contribution in [0.5, 0.6) is 0 Å². The van der Waals surface area contributed by atoms with E-state index in [-0.39, 0.29) is 0 Å². The fourth-order valence-corrected chi connectivity index (χ4v) is 2.27. The number of hydrogen-bond acceptors (Lipinski definition) is 5. The third-order valence-electron chi connectivity index (χ3n) is 3.16. The van der Waals surface area contributed by atoms with Crippen LogP contribution in [0.25, 0.3) is 0 Å². The van der Waals surface area contributed by atoms with E-state index < -0.39 is 12.3 Å². The molecule has 5 nitrogen and oxygen atoms in total. The molecule has 0 N–H and O–H groups in total. The van der Waals surface area contributed by atoms with E-state index in [1.165, 1.54) is 0 Å². The van der Waals surface area contributed by atoms with E-state index in [9.17, 15) is 0 Å². The molecule has 0 unspecified atom stereocenters. The summed E-state index contributed by atoms with van der Waals surface area (Å²) in [5.41, 5.74) is 1.15. The van der Waals surface area contributed by atoms with Crippen molar-refractivity contribution in [3.8, 4) is 0 Å². The Morgan fingerprint density at radius 2 is 1.68 bits per heavy atom. The first-order valence-corrected chi connectivity index (χ1v) is 6.53. The number of hydrogen-bond donors (Lipinski definition) is 0. The molecule has 3 rings (SSSR count). The van der Waals surface area contributed by atoms with Crippen molar-refractivity contribution in [2.75, 3.05) is 33.0 Å². The molecule has 0 atom stereocenters. The molecule has 104 valence electrons. The van der Waals surface area contributed by atoms with Crippen molar-refractivity contribution in [2.24, 2.45) is 0 Å². The Hall–Kier alpha value is -0.980. The van der Waals surface area contributed by atoms with Gasteiger partial charge >= 0.3 is 0 Å². The van der Waals surface area contributed by atoms with E-state index >= 15 is 0 Å². The second-order valence-corrected chi connectivity index (χ2v) is 4.61. The Kier molecular flexibility index (Phi) is 4.10. The van der Waals surface area contributed by atoms with E-state index in [0.717, 1.165) is 5.56 Å². The number of ether oxygens (including phenoxy) is 5. The zero-order valence-electron chi connectivity index (χ0n) is 10.7. The minimum absolute atomic E-state index is 0.298. The molecule has 1 aromatic carbocycles. The molecule has 0 radical (unpaired) electrons. The first kappa shape index (κ1) is 13.0. The third-order valence-corrected chi connectivity index (χ3v) is 3.16. The van der Waals surface area contributed by atoms with Crippen molar-refractivity contribution in [3.63, 3.8) is 0 Å². The Labute approximate surface area is 112 Å². The molecule has 2 aliphatic heterocycles. The Bertz CT molecular complexity index is 382. The predicted molar refractivity (Wildman–Crippen MR) is 66.4 cm³/mol. The molecule has 2 fully saturated rings. The largest absolute Gasteiger partial charge is 0.345 e. The molecule has 2 heterocycles. The van der Waals surface area contributed by atoms with Gasteiger partial charge in [-0.05, 0) is 5.56 Å². The third kappa shape index (κ3) is 3.32. The van der Waals surface area contributed by atoms with Crippen molar-refractivity contribution in [3.05, 3.63) is 35.9 Å². The highest BCUT2D eigenvalue weighted by Crippen LogP contribution is 2.26. The number of benzene rings is 1. The van der Waals surface area contributed by atoms with E-state index in [1.54, 1.807) is 0 Å². The molecule has 0 aliphatic carbocycles. The van der Waals surface area contributed by atoms with Gasteiger partial charge in [0.25, 0.3) is 6.48 Å². The maximum absolute atomic E-state index is 5.75. The molecule has 0 bridgehead atoms. The van der Waals surface area contributed by atoms with Crippen LogP contribution in [-0.4, -0.2) is 45.3 Å². The van der Waals surface area contributed by atoms with Gasteiger partial charge in [-0.2, -0.15) is 0 Å². The summed E-state index contributed by atoms with van der Waals surface area (Å²) in [6.07, 6.45) is 0.653. The zero-order chi connectivity index (χ0) is 13.0. The van der Waals surface area contributed by atoms with Crippen LogP contribution in [0.4, 0.5) is 0 Å². The molecule has 5 heteroatoms. The van der Waals surface area contributed by atoms with Gasteiger partial charge in [-0.1, -0.05) is 30.3 Å². The van der Waals surface area contributed by atoms with Crippen LogP contribution in [0.15, 0.2) is 30.3 Å². The summed E-state index contributed by atoms with van der Waals surface area (Å²) < 4.78 is 27.6. The zero-order valence-corrected chi connectivity index (χ0v) is 10.7. The summed E-state index contributed by atoms with van der Waals surface area (Å²) in [6, 6.07) is 10.1. The molecular formula is C14H18O5. The topological polar surface area (TPSA) is 46.2 Å². The molecule has 1 aromatic rings. The summed E-state index contributed by atoms with van der Waals surface area (Å²) in [5, 5.41) is 0. The first-order chi connectivity index (χ1) is 9.36. The van der Waals surface area contributed by atoms with Gasteiger partial charge in [0.2, 0.25) is 0 Å². The van der Waals surface area contributed by atoms with Gasteiger partial charge in [-0.25, -0.2) is 0 Å². The highest BCUT2D eigenvalue weighted by atomic mass is 16.9. The van der Waals surface area contributed by atoms with Crippen LogP contribution < -0.4 is 0 Å². The van der Waals surface area contributed by atoms with Crippen LogP contribution in [-0.2, 0) is 30.1 Å². The average molecular weight is 266 g/mol. The molecule has 2 aliphatic rings. The molecule has 0 amide bonds. The lowest BCUT2D eigenvalue weighted by molar-refractivity contribution is -0.281. The second-order valence-electron chi connectivity index (χ2n) is 4.61. The summed E-state index contributed by atoms with van der Waals surface area (Å²) >= 11 is 0. The predicted octanol–water partition coefficient (Wildman–Crippen LogP) is 1.32. The van der Waals surface area contributed by atoms with E-state index in [0.29, 0.717) is 39.5 Å². The lowest BCUT2D eigenvalue weighted by atomic mass is 10.1. The van der Waals surface area contributed by atoms with E-state index in [2.05, 4.69) is 12.1 Å². The van der Waals surface area contributed by atoms with Gasteiger partial charge in [0, 0.05) is 6.42 Å². The normalized spacial score (nSPS) is 22.9. The summed E-state index contributed by atoms with van der Waals surface area (Å²) in [5.74, 6) is -0.726. The highest BCUT2D eigenvalue weighted by molar-refractivity contribution is 5.16. The Morgan fingerprint density at radius 3 is 2.37 bits per heavy atom. The molecular weight excluding hydrogens is 248 g/mol. The maximum Gasteiger partial charge on any atom is 0.271 e. The quantitative estimate of drug-likeness (QED) is 0.804. The van der Waals surface area contributed by atoms with Gasteiger partial charge < -0.3 is 23.7 Å². The lowest BCUT2D eigenvalue weighted by Crippen LogP contribution is -2.40. The van der Waals surface area contributed by atoms with Crippen LogP contribution in [0.1, 0.15) is 5.56 Å². The second kappa shape index (κ2) is 5.98. The molecule has 0 spiro atoms. The molecule has 0 aromatic heterocycles. The minimum Gasteiger partial charge on any atom is -0.345 e. The lowest BCUT2D eigenvalue weighted by Gasteiger charge is -2.28. The van der Waals surface area contributed by atoms with Crippen molar-refractivity contribution in [1.82, 2.24) is 0 Å². The minimum atomic E-state index is -0.726. The Balaban J connectivity index is 1.61. The highest BCUT2D eigenvalue weighted by Gasteiger charge is 2.38. The van der Waals surface area contributed by atoms with Crippen LogP contribution in [0.3, 0.4) is 0 Å². The summed E-state index contributed by atoms with van der Waals surface area (Å²) in [7, 11) is 0. The fraction of sp³-hybridized carbons (Fsp3) is 0.571. The van der Waals surface area contributed by atoms with Gasteiger partial charge in [0.15, 0.2) is 5.79 Å². The SMILES string of the molecule is c1ccc(CC2(COC3OCCO3)OCCO2)cc1. The van der Waals surface area contributed by atoms with Crippen LogP contribution >= 0.6 is 0 Å². The fourth-order valence-electron chi connectivity index (χ4n) is 2.27. The van der Waals surface area contributed by atoms with Gasteiger partial charge in [0.05, 0.1) is 26.4 Å². The number of rotatable bonds is 5. The van der Waals surface area contributed by atoms with E-state index in [1.807, 2.05) is 18.2 Å². The molecule has 2 saturated heterocycles. The van der Waals surface area contributed by atoms with Crippen molar-refractivity contribution in [2.45, 2.75) is 18.7 Å². The van der Waals surface area contributed by atoms with E-state index in [4.69, 9.17) is 23.7 Å². The van der Waals surface area contributed by atoms with Crippen molar-refractivity contribution >= 4 is 0 Å². The van der Waals surface area contributed by atoms with Crippen molar-refractivity contribution in [1.29, 1.82) is 0 Å². The van der Waals surface area contributed by atoms with Gasteiger partial charge in [-0.15, -0.1) is 0 Å². The van der Waals surface area contributed by atoms with Crippen LogP contribution in [0.2, 0.25) is 0 Å². The smallest absolute Gasteiger partial charge is 0.271 e. The van der Waals surface area contributed by atoms with Crippen LogP contribution in [0, 0.1) is 0 Å². The van der Waals surface area contributed by atoms with Gasteiger partial charge in [0.1, 0.15) is 6.61 Å². The standard InChI is InChI=1S/C14H18O5/c1-2-4-12(5-3-1)10-14(18-8-9-19-14)11-17-13-15-6-7-16-13/h1-5,13H,6-11H2.